The standard InChI is InChI=1S/C11H22N2O2.ClH/c1-3-13(7-8-15-4-2)11(14)10-5-6-12-9-10;/h10,12H,3-9H2,1-2H3;1H. The Bertz CT molecular complexity index is 196. The maximum atomic E-state index is 12.0. The number of ether oxygens (including phenoxy) is 1. The molecule has 1 heterocycles. The van der Waals surface area contributed by atoms with Crippen molar-refractivity contribution in [2.24, 2.45) is 5.92 Å². The van der Waals surface area contributed by atoms with Crippen LogP contribution in [0.15, 0.2) is 0 Å². The summed E-state index contributed by atoms with van der Waals surface area (Å²) in [7, 11) is 0. The molecule has 1 atom stereocenters. The molecule has 0 aromatic heterocycles. The lowest BCUT2D eigenvalue weighted by Gasteiger charge is -2.23. The van der Waals surface area contributed by atoms with Crippen molar-refractivity contribution >= 4 is 18.3 Å². The first kappa shape index (κ1) is 15.7. The number of nitrogens with zero attached hydrogens (tertiary/aromatic N) is 1. The summed E-state index contributed by atoms with van der Waals surface area (Å²) < 4.78 is 5.27. The van der Waals surface area contributed by atoms with E-state index in [2.05, 4.69) is 5.32 Å². The number of hydrogen-bond donors (Lipinski definition) is 1. The zero-order valence-corrected chi connectivity index (χ0v) is 11.0. The molecule has 1 aliphatic rings. The van der Waals surface area contributed by atoms with Gasteiger partial charge in [0.05, 0.1) is 12.5 Å². The molecule has 5 heteroatoms. The van der Waals surface area contributed by atoms with Gasteiger partial charge in [0, 0.05) is 26.2 Å². The molecule has 1 fully saturated rings. The Morgan fingerprint density at radius 1 is 1.50 bits per heavy atom. The van der Waals surface area contributed by atoms with Crippen LogP contribution in [0.3, 0.4) is 0 Å². The third kappa shape index (κ3) is 4.68. The first-order valence-corrected chi connectivity index (χ1v) is 5.86. The van der Waals surface area contributed by atoms with Crippen LogP contribution in [0.1, 0.15) is 20.3 Å². The van der Waals surface area contributed by atoms with Gasteiger partial charge < -0.3 is 15.0 Å². The van der Waals surface area contributed by atoms with Crippen LogP contribution in [-0.2, 0) is 9.53 Å². The lowest BCUT2D eigenvalue weighted by Crippen LogP contribution is -2.39. The zero-order chi connectivity index (χ0) is 11.1. The Labute approximate surface area is 104 Å². The maximum Gasteiger partial charge on any atom is 0.227 e. The highest BCUT2D eigenvalue weighted by Gasteiger charge is 2.25. The monoisotopic (exact) mass is 250 g/mol. The molecule has 1 rings (SSSR count). The van der Waals surface area contributed by atoms with Gasteiger partial charge in [0.25, 0.3) is 0 Å². The molecule has 0 bridgehead atoms. The van der Waals surface area contributed by atoms with Crippen molar-refractivity contribution in [1.82, 2.24) is 10.2 Å². The van der Waals surface area contributed by atoms with Gasteiger partial charge >= 0.3 is 0 Å². The molecule has 1 amide bonds. The molecule has 0 spiro atoms. The Kier molecular flexibility index (Phi) is 8.61. The summed E-state index contributed by atoms with van der Waals surface area (Å²) in [4.78, 5) is 13.9. The first-order chi connectivity index (χ1) is 7.29. The van der Waals surface area contributed by atoms with Crippen LogP contribution >= 0.6 is 12.4 Å². The summed E-state index contributed by atoms with van der Waals surface area (Å²) in [5.74, 6) is 0.466. The van der Waals surface area contributed by atoms with Crippen LogP contribution < -0.4 is 5.32 Å². The molecule has 0 aliphatic carbocycles. The number of carbonyl (C=O) groups is 1. The van der Waals surface area contributed by atoms with Gasteiger partial charge in [0.1, 0.15) is 0 Å². The van der Waals surface area contributed by atoms with Crippen LogP contribution in [-0.4, -0.2) is 50.2 Å². The van der Waals surface area contributed by atoms with Gasteiger partial charge in [-0.3, -0.25) is 4.79 Å². The van der Waals surface area contributed by atoms with E-state index in [0.717, 1.165) is 39.2 Å². The normalized spacial score (nSPS) is 19.2. The van der Waals surface area contributed by atoms with E-state index in [1.165, 1.54) is 0 Å². The zero-order valence-electron chi connectivity index (χ0n) is 10.2. The van der Waals surface area contributed by atoms with Crippen molar-refractivity contribution in [2.45, 2.75) is 20.3 Å². The molecular weight excluding hydrogens is 228 g/mol. The van der Waals surface area contributed by atoms with Crippen LogP contribution in [0.2, 0.25) is 0 Å². The lowest BCUT2D eigenvalue weighted by molar-refractivity contribution is -0.135. The van der Waals surface area contributed by atoms with E-state index in [1.807, 2.05) is 18.7 Å². The number of nitrogens with one attached hydrogen (secondary N) is 1. The minimum atomic E-state index is 0. The second kappa shape index (κ2) is 8.79. The highest BCUT2D eigenvalue weighted by atomic mass is 35.5. The van der Waals surface area contributed by atoms with E-state index in [1.54, 1.807) is 0 Å². The number of likely N-dealkylation sites (N-methyl/N-ethyl adjacent to an activating group) is 1. The van der Waals surface area contributed by atoms with Crippen LogP contribution in [0.25, 0.3) is 0 Å². The second-order valence-electron chi connectivity index (χ2n) is 3.80. The number of carbonyl (C=O) groups excluding carboxylic acids is 1. The molecule has 0 aromatic rings. The average molecular weight is 251 g/mol. The van der Waals surface area contributed by atoms with Gasteiger partial charge in [0.15, 0.2) is 0 Å². The van der Waals surface area contributed by atoms with Crippen molar-refractivity contribution in [2.75, 3.05) is 39.4 Å². The quantitative estimate of drug-likeness (QED) is 0.713. The summed E-state index contributed by atoms with van der Waals surface area (Å²) in [6.07, 6.45) is 0.976. The molecule has 4 nitrogen and oxygen atoms in total. The summed E-state index contributed by atoms with van der Waals surface area (Å²) in [6, 6.07) is 0. The molecule has 16 heavy (non-hydrogen) atoms. The van der Waals surface area contributed by atoms with Crippen LogP contribution in [0.5, 0.6) is 0 Å². The SMILES string of the molecule is CCOCCN(CC)C(=O)C1CCNC1.Cl. The predicted octanol–water partition coefficient (Wildman–Crippen LogP) is 0.903. The summed E-state index contributed by atoms with van der Waals surface area (Å²) in [5.41, 5.74) is 0. The maximum absolute atomic E-state index is 12.0. The van der Waals surface area contributed by atoms with Gasteiger partial charge in [0.2, 0.25) is 5.91 Å². The minimum absolute atomic E-state index is 0. The third-order valence-electron chi connectivity index (χ3n) is 2.81. The van der Waals surface area contributed by atoms with Crippen LogP contribution in [0.4, 0.5) is 0 Å². The predicted molar refractivity (Wildman–Crippen MR) is 67.0 cm³/mol. The van der Waals surface area contributed by atoms with Gasteiger partial charge in [-0.2, -0.15) is 0 Å². The van der Waals surface area contributed by atoms with Gasteiger partial charge in [-0.15, -0.1) is 12.4 Å². The molecule has 1 N–H and O–H groups in total. The molecule has 0 saturated carbocycles. The fraction of sp³-hybridized carbons (Fsp3) is 0.909. The van der Waals surface area contributed by atoms with Gasteiger partial charge in [-0.25, -0.2) is 0 Å². The smallest absolute Gasteiger partial charge is 0.227 e. The molecule has 1 saturated heterocycles. The van der Waals surface area contributed by atoms with Crippen molar-refractivity contribution in [3.8, 4) is 0 Å². The Hall–Kier alpha value is -0.320. The Morgan fingerprint density at radius 3 is 2.75 bits per heavy atom. The molecule has 1 aliphatic heterocycles. The number of amides is 1. The summed E-state index contributed by atoms with van der Waals surface area (Å²) >= 11 is 0. The fourth-order valence-corrected chi connectivity index (χ4v) is 1.87. The molecule has 0 aromatic carbocycles. The van der Waals surface area contributed by atoms with Gasteiger partial charge in [-0.05, 0) is 26.8 Å². The van der Waals surface area contributed by atoms with Gasteiger partial charge in [-0.1, -0.05) is 0 Å². The Morgan fingerprint density at radius 2 is 2.25 bits per heavy atom. The molecule has 0 radical (unpaired) electrons. The number of hydrogen-bond acceptors (Lipinski definition) is 3. The van der Waals surface area contributed by atoms with E-state index < -0.39 is 0 Å². The van der Waals surface area contributed by atoms with E-state index in [0.29, 0.717) is 6.61 Å². The average Bonchev–Trinajstić information content (AvgIpc) is 2.77. The largest absolute Gasteiger partial charge is 0.380 e. The fourth-order valence-electron chi connectivity index (χ4n) is 1.87. The van der Waals surface area contributed by atoms with Crippen LogP contribution in [0, 0.1) is 5.92 Å². The Balaban J connectivity index is 0.00000225. The van der Waals surface area contributed by atoms with E-state index in [-0.39, 0.29) is 24.2 Å². The van der Waals surface area contributed by atoms with E-state index in [4.69, 9.17) is 4.74 Å². The van der Waals surface area contributed by atoms with Crippen molar-refractivity contribution in [3.05, 3.63) is 0 Å². The highest BCUT2D eigenvalue weighted by molar-refractivity contribution is 5.85. The third-order valence-corrected chi connectivity index (χ3v) is 2.81. The minimum Gasteiger partial charge on any atom is -0.380 e. The van der Waals surface area contributed by atoms with Crippen molar-refractivity contribution < 1.29 is 9.53 Å². The van der Waals surface area contributed by atoms with E-state index in [9.17, 15) is 4.79 Å². The molecule has 96 valence electrons. The number of rotatable bonds is 6. The summed E-state index contributed by atoms with van der Waals surface area (Å²) in [5, 5.41) is 3.22. The van der Waals surface area contributed by atoms with E-state index >= 15 is 0 Å². The van der Waals surface area contributed by atoms with Crippen molar-refractivity contribution in [3.63, 3.8) is 0 Å². The topological polar surface area (TPSA) is 41.6 Å². The first-order valence-electron chi connectivity index (χ1n) is 5.86. The second-order valence-corrected chi connectivity index (χ2v) is 3.80. The van der Waals surface area contributed by atoms with Crippen molar-refractivity contribution in [1.29, 1.82) is 0 Å². The summed E-state index contributed by atoms with van der Waals surface area (Å²) in [6.45, 7) is 8.67. The highest BCUT2D eigenvalue weighted by Crippen LogP contribution is 2.11. The number of halogens is 1. The lowest BCUT2D eigenvalue weighted by atomic mass is 10.1. The molecular formula is C11H23ClN2O2. The molecule has 1 unspecified atom stereocenters.